The summed E-state index contributed by atoms with van der Waals surface area (Å²) in [5, 5.41) is 18.0. The third kappa shape index (κ3) is 7.62. The van der Waals surface area contributed by atoms with E-state index in [2.05, 4.69) is 29.2 Å². The zero-order valence-corrected chi connectivity index (χ0v) is 21.6. The molecule has 2 aromatic carbocycles. The van der Waals surface area contributed by atoms with Crippen molar-refractivity contribution in [2.24, 2.45) is 0 Å². The molecule has 0 saturated carbocycles. The van der Waals surface area contributed by atoms with Crippen molar-refractivity contribution >= 4 is 34.2 Å². The number of aliphatic carboxylic acids is 1. The number of nitrogens with one attached hydrogen (secondary N) is 1. The Labute approximate surface area is 221 Å². The van der Waals surface area contributed by atoms with Gasteiger partial charge in [0, 0.05) is 23.1 Å². The first-order valence-electron chi connectivity index (χ1n) is 11.8. The molecule has 0 bridgehead atoms. The molecule has 0 atom stereocenters. The molecule has 8 nitrogen and oxygen atoms in total. The lowest BCUT2D eigenvalue weighted by Crippen LogP contribution is -2.29. The van der Waals surface area contributed by atoms with Gasteiger partial charge in [-0.05, 0) is 44.3 Å². The van der Waals surface area contributed by atoms with Gasteiger partial charge in [-0.1, -0.05) is 49.3 Å². The summed E-state index contributed by atoms with van der Waals surface area (Å²) in [5.74, 6) is -2.84. The Bertz CT molecular complexity index is 1350. The third-order valence-corrected chi connectivity index (χ3v) is 6.46. The monoisotopic (exact) mass is 548 g/mol. The van der Waals surface area contributed by atoms with E-state index >= 15 is 0 Å². The summed E-state index contributed by atoms with van der Waals surface area (Å²) < 4.78 is 37.2. The molecule has 0 radical (unpaired) electrons. The van der Waals surface area contributed by atoms with E-state index < -0.39 is 12.1 Å². The van der Waals surface area contributed by atoms with Gasteiger partial charge in [-0.25, -0.2) is 9.78 Å². The number of carboxylic acid groups (broad SMARTS) is 1. The predicted molar refractivity (Wildman–Crippen MR) is 139 cm³/mol. The number of amides is 1. The lowest BCUT2D eigenvalue weighted by atomic mass is 10.1. The Hall–Kier alpha value is -3.77. The molecule has 0 unspecified atom stereocenters. The van der Waals surface area contributed by atoms with Crippen molar-refractivity contribution in [1.29, 1.82) is 0 Å². The lowest BCUT2D eigenvalue weighted by Gasteiger charge is -2.17. The molecule has 2 N–H and O–H groups in total. The fraction of sp³-hybridized carbons (Fsp3) is 0.308. The zero-order chi connectivity index (χ0) is 27.7. The first-order chi connectivity index (χ1) is 18.1. The van der Waals surface area contributed by atoms with Crippen molar-refractivity contribution in [3.05, 3.63) is 59.5 Å². The molecule has 2 heterocycles. The SMILES string of the molecule is CCN(CC)CCCNC(=O)c1ccc2onc(-c3csc(-c4ccccc4)n3)c2c1.O=C(O)C(F)(F)F. The third-order valence-electron chi connectivity index (χ3n) is 5.57. The van der Waals surface area contributed by atoms with Gasteiger partial charge in [0.1, 0.15) is 16.4 Å². The minimum Gasteiger partial charge on any atom is -0.475 e. The number of thiazole rings is 1. The molecule has 4 rings (SSSR count). The highest BCUT2D eigenvalue weighted by atomic mass is 32.1. The average Bonchev–Trinajstić information content (AvgIpc) is 3.56. The van der Waals surface area contributed by atoms with Crippen LogP contribution < -0.4 is 5.32 Å². The molecule has 202 valence electrons. The number of hydrogen-bond donors (Lipinski definition) is 2. The van der Waals surface area contributed by atoms with E-state index in [-0.39, 0.29) is 5.91 Å². The molecule has 4 aromatic rings. The second-order valence-corrected chi connectivity index (χ2v) is 8.94. The van der Waals surface area contributed by atoms with Crippen LogP contribution in [-0.4, -0.2) is 64.4 Å². The van der Waals surface area contributed by atoms with Gasteiger partial charge in [0.2, 0.25) is 0 Å². The van der Waals surface area contributed by atoms with Gasteiger partial charge in [0.05, 0.1) is 5.39 Å². The Morgan fingerprint density at radius 3 is 2.42 bits per heavy atom. The van der Waals surface area contributed by atoms with Gasteiger partial charge in [-0.2, -0.15) is 13.2 Å². The quantitative estimate of drug-likeness (QED) is 0.258. The Morgan fingerprint density at radius 2 is 1.79 bits per heavy atom. The molecular formula is C26H27F3N4O4S. The maximum absolute atomic E-state index is 12.6. The van der Waals surface area contributed by atoms with E-state index in [0.29, 0.717) is 23.4 Å². The second-order valence-electron chi connectivity index (χ2n) is 8.09. The maximum atomic E-state index is 12.6. The molecule has 0 aliphatic heterocycles. The van der Waals surface area contributed by atoms with Crippen LogP contribution in [0.25, 0.3) is 32.9 Å². The smallest absolute Gasteiger partial charge is 0.475 e. The molecule has 0 fully saturated rings. The van der Waals surface area contributed by atoms with E-state index in [0.717, 1.165) is 47.7 Å². The van der Waals surface area contributed by atoms with Gasteiger partial charge in [0.15, 0.2) is 5.58 Å². The number of fused-ring (bicyclic) bond motifs is 1. The Kier molecular flexibility index (Phi) is 9.97. The number of aromatic nitrogens is 2. The van der Waals surface area contributed by atoms with Crippen LogP contribution in [-0.2, 0) is 4.79 Å². The first kappa shape index (κ1) is 28.8. The topological polar surface area (TPSA) is 109 Å². The van der Waals surface area contributed by atoms with Gasteiger partial charge < -0.3 is 19.8 Å². The van der Waals surface area contributed by atoms with Crippen LogP contribution in [0.4, 0.5) is 13.2 Å². The number of hydrogen-bond acceptors (Lipinski definition) is 7. The van der Waals surface area contributed by atoms with Crippen molar-refractivity contribution in [3.63, 3.8) is 0 Å². The normalized spacial score (nSPS) is 11.3. The van der Waals surface area contributed by atoms with Crippen LogP contribution in [0.1, 0.15) is 30.6 Å². The average molecular weight is 549 g/mol. The van der Waals surface area contributed by atoms with Crippen molar-refractivity contribution < 1.29 is 32.4 Å². The maximum Gasteiger partial charge on any atom is 0.490 e. The van der Waals surface area contributed by atoms with Gasteiger partial charge >= 0.3 is 12.1 Å². The molecule has 0 saturated heterocycles. The van der Waals surface area contributed by atoms with Gasteiger partial charge in [-0.15, -0.1) is 11.3 Å². The molecule has 0 aliphatic rings. The molecule has 0 aliphatic carbocycles. The van der Waals surface area contributed by atoms with E-state index in [9.17, 15) is 18.0 Å². The largest absolute Gasteiger partial charge is 0.490 e. The highest BCUT2D eigenvalue weighted by Gasteiger charge is 2.38. The van der Waals surface area contributed by atoms with E-state index in [1.54, 1.807) is 23.5 Å². The highest BCUT2D eigenvalue weighted by molar-refractivity contribution is 7.13. The first-order valence-corrected chi connectivity index (χ1v) is 12.7. The summed E-state index contributed by atoms with van der Waals surface area (Å²) in [5.41, 5.74) is 3.71. The highest BCUT2D eigenvalue weighted by Crippen LogP contribution is 2.32. The summed E-state index contributed by atoms with van der Waals surface area (Å²) >= 11 is 1.56. The second kappa shape index (κ2) is 13.2. The van der Waals surface area contributed by atoms with Crippen molar-refractivity contribution in [1.82, 2.24) is 20.4 Å². The van der Waals surface area contributed by atoms with Crippen molar-refractivity contribution in [2.75, 3.05) is 26.2 Å². The van der Waals surface area contributed by atoms with Gasteiger partial charge in [-0.3, -0.25) is 4.79 Å². The van der Waals surface area contributed by atoms with E-state index in [1.807, 2.05) is 41.8 Å². The summed E-state index contributed by atoms with van der Waals surface area (Å²) in [7, 11) is 0. The van der Waals surface area contributed by atoms with Crippen LogP contribution in [0, 0.1) is 0 Å². The van der Waals surface area contributed by atoms with E-state index in [4.69, 9.17) is 19.4 Å². The van der Waals surface area contributed by atoms with Crippen LogP contribution in [0.3, 0.4) is 0 Å². The number of alkyl halides is 3. The Morgan fingerprint density at radius 1 is 1.11 bits per heavy atom. The van der Waals surface area contributed by atoms with Crippen LogP contribution in [0.15, 0.2) is 58.4 Å². The predicted octanol–water partition coefficient (Wildman–Crippen LogP) is 5.71. The van der Waals surface area contributed by atoms with Crippen LogP contribution in [0.5, 0.6) is 0 Å². The number of carbonyl (C=O) groups is 2. The standard InChI is InChI=1S/C24H26N4O2S.C2HF3O2/c1-3-28(4-2)14-8-13-25-23(29)18-11-12-21-19(15-18)22(27-30-21)20-16-31-24(26-20)17-9-6-5-7-10-17;3-2(4,5)1(6)7/h5-7,9-12,15-16H,3-4,8,13-14H2,1-2H3,(H,25,29);(H,6,7). The van der Waals surface area contributed by atoms with E-state index in [1.165, 1.54) is 0 Å². The lowest BCUT2D eigenvalue weighted by molar-refractivity contribution is -0.192. The summed E-state index contributed by atoms with van der Waals surface area (Å²) in [6.07, 6.45) is -4.16. The molecule has 1 amide bonds. The van der Waals surface area contributed by atoms with Crippen LogP contribution in [0.2, 0.25) is 0 Å². The molecule has 2 aromatic heterocycles. The minimum absolute atomic E-state index is 0.0863. The number of nitrogens with zero attached hydrogens (tertiary/aromatic N) is 3. The molecular weight excluding hydrogens is 521 g/mol. The number of carbonyl (C=O) groups excluding carboxylic acids is 1. The van der Waals surface area contributed by atoms with Crippen LogP contribution >= 0.6 is 11.3 Å². The molecule has 38 heavy (non-hydrogen) atoms. The summed E-state index contributed by atoms with van der Waals surface area (Å²) in [6.45, 7) is 7.99. The fourth-order valence-corrected chi connectivity index (χ4v) is 4.32. The molecule has 0 spiro atoms. The number of halogens is 3. The molecule has 12 heteroatoms. The van der Waals surface area contributed by atoms with Gasteiger partial charge in [0.25, 0.3) is 5.91 Å². The Balaban J connectivity index is 0.000000505. The van der Waals surface area contributed by atoms with Crippen molar-refractivity contribution in [2.45, 2.75) is 26.4 Å². The number of benzene rings is 2. The number of rotatable bonds is 9. The minimum atomic E-state index is -5.08. The number of carboxylic acids is 1. The summed E-state index contributed by atoms with van der Waals surface area (Å²) in [4.78, 5) is 28.6. The summed E-state index contributed by atoms with van der Waals surface area (Å²) in [6, 6.07) is 15.4. The van der Waals surface area contributed by atoms with Crippen molar-refractivity contribution in [3.8, 4) is 22.0 Å². The fourth-order valence-electron chi connectivity index (χ4n) is 3.51. The zero-order valence-electron chi connectivity index (χ0n) is 20.8.